The van der Waals surface area contributed by atoms with Crippen LogP contribution in [0.3, 0.4) is 0 Å². The number of rotatable bonds is 3. The Kier molecular flexibility index (Phi) is 3.99. The van der Waals surface area contributed by atoms with Gasteiger partial charge in [-0.3, -0.25) is 4.68 Å². The Labute approximate surface area is 122 Å². The molecule has 1 aromatic heterocycles. The molecule has 0 aliphatic heterocycles. The van der Waals surface area contributed by atoms with Crippen LogP contribution in [0, 0.1) is 0 Å². The Morgan fingerprint density at radius 1 is 1.25 bits per heavy atom. The number of nitrogens with zero attached hydrogens (tertiary/aromatic N) is 3. The van der Waals surface area contributed by atoms with E-state index >= 15 is 0 Å². The van der Waals surface area contributed by atoms with Crippen LogP contribution < -0.4 is 0 Å². The largest absolute Gasteiger partial charge is 0.268 e. The molecule has 2 rings (SSSR count). The van der Waals surface area contributed by atoms with E-state index in [0.29, 0.717) is 16.6 Å². The van der Waals surface area contributed by atoms with Gasteiger partial charge in [-0.1, -0.05) is 33.6 Å². The predicted molar refractivity (Wildman–Crippen MR) is 79.3 cm³/mol. The molecular weight excluding hydrogens is 274 g/mol. The smallest absolute Gasteiger partial charge is 0.245 e. The molecule has 0 amide bonds. The van der Waals surface area contributed by atoms with Gasteiger partial charge in [-0.2, -0.15) is 5.10 Å². The van der Waals surface area contributed by atoms with Gasteiger partial charge in [0.1, 0.15) is 4.90 Å². The van der Waals surface area contributed by atoms with Crippen molar-refractivity contribution in [2.24, 2.45) is 0 Å². The molecule has 1 aromatic rings. The maximum absolute atomic E-state index is 12.5. The zero-order valence-corrected chi connectivity index (χ0v) is 13.9. The van der Waals surface area contributed by atoms with Crippen LogP contribution in [-0.2, 0) is 15.4 Å². The lowest BCUT2D eigenvalue weighted by atomic mass is 9.92. The van der Waals surface area contributed by atoms with E-state index in [1.54, 1.807) is 20.3 Å². The average molecular weight is 299 g/mol. The summed E-state index contributed by atoms with van der Waals surface area (Å²) < 4.78 is 28.1. The highest BCUT2D eigenvalue weighted by molar-refractivity contribution is 7.89. The van der Waals surface area contributed by atoms with Crippen molar-refractivity contribution in [1.29, 1.82) is 0 Å². The molecule has 1 aliphatic rings. The number of hydrogen-bond acceptors (Lipinski definition) is 3. The molecule has 114 valence electrons. The molecule has 0 bridgehead atoms. The first kappa shape index (κ1) is 15.5. The first-order valence-electron chi connectivity index (χ1n) is 7.16. The van der Waals surface area contributed by atoms with Crippen molar-refractivity contribution in [2.45, 2.75) is 62.8 Å². The summed E-state index contributed by atoms with van der Waals surface area (Å²) in [6, 6.07) is 0.349. The summed E-state index contributed by atoms with van der Waals surface area (Å²) in [7, 11) is -0.321. The molecular formula is C14H25N3O2S. The summed E-state index contributed by atoms with van der Waals surface area (Å²) in [5, 5.41) is 4.62. The highest BCUT2D eigenvalue weighted by Crippen LogP contribution is 2.34. The molecule has 0 spiro atoms. The average Bonchev–Trinajstić information content (AvgIpc) is 2.96. The Morgan fingerprint density at radius 3 is 2.25 bits per heavy atom. The second-order valence-electron chi connectivity index (χ2n) is 6.80. The van der Waals surface area contributed by atoms with Gasteiger partial charge in [0.05, 0.1) is 11.7 Å². The van der Waals surface area contributed by atoms with Gasteiger partial charge in [-0.15, -0.1) is 0 Å². The minimum Gasteiger partial charge on any atom is -0.268 e. The van der Waals surface area contributed by atoms with Crippen LogP contribution in [0.4, 0.5) is 0 Å². The predicted octanol–water partition coefficient (Wildman–Crippen LogP) is 2.55. The second kappa shape index (κ2) is 5.15. The van der Waals surface area contributed by atoms with E-state index in [-0.39, 0.29) is 5.41 Å². The maximum Gasteiger partial charge on any atom is 0.245 e. The molecule has 0 aromatic carbocycles. The quantitative estimate of drug-likeness (QED) is 0.862. The summed E-state index contributed by atoms with van der Waals surface area (Å²) in [6.45, 7) is 6.01. The molecule has 1 saturated carbocycles. The second-order valence-corrected chi connectivity index (χ2v) is 8.92. The van der Waals surface area contributed by atoms with E-state index in [1.165, 1.54) is 17.1 Å². The first-order chi connectivity index (χ1) is 9.14. The third kappa shape index (κ3) is 2.76. The molecule has 0 N–H and O–H groups in total. The van der Waals surface area contributed by atoms with Crippen LogP contribution in [0.1, 0.15) is 58.2 Å². The number of sulfonamides is 1. The lowest BCUT2D eigenvalue weighted by molar-refractivity contribution is 0.448. The first-order valence-corrected chi connectivity index (χ1v) is 8.60. The summed E-state index contributed by atoms with van der Waals surface area (Å²) in [6.07, 6.45) is 6.31. The molecule has 6 heteroatoms. The van der Waals surface area contributed by atoms with Crippen LogP contribution in [0.5, 0.6) is 0 Å². The molecule has 0 unspecified atom stereocenters. The highest BCUT2D eigenvalue weighted by atomic mass is 32.2. The lowest BCUT2D eigenvalue weighted by Crippen LogP contribution is -2.25. The zero-order chi connectivity index (χ0) is 15.1. The van der Waals surface area contributed by atoms with E-state index in [1.807, 2.05) is 25.5 Å². The standard InChI is InChI=1S/C14H25N3O2S/c1-14(2,3)13-12(20(18,19)16(4)5)10-17(15-13)11-8-6-7-9-11/h10-11H,6-9H2,1-5H3. The van der Waals surface area contributed by atoms with Crippen molar-refractivity contribution >= 4 is 10.0 Å². The molecule has 0 radical (unpaired) electrons. The SMILES string of the molecule is CN(C)S(=O)(=O)c1cn(C2CCCC2)nc1C(C)(C)C. The highest BCUT2D eigenvalue weighted by Gasteiger charge is 2.32. The van der Waals surface area contributed by atoms with E-state index in [0.717, 1.165) is 12.8 Å². The Morgan fingerprint density at radius 2 is 1.80 bits per heavy atom. The molecule has 1 aliphatic carbocycles. The number of aromatic nitrogens is 2. The molecule has 20 heavy (non-hydrogen) atoms. The van der Waals surface area contributed by atoms with Crippen LogP contribution in [0.25, 0.3) is 0 Å². The van der Waals surface area contributed by atoms with Gasteiger partial charge in [-0.25, -0.2) is 12.7 Å². The van der Waals surface area contributed by atoms with E-state index in [2.05, 4.69) is 5.10 Å². The molecule has 1 heterocycles. The lowest BCUT2D eigenvalue weighted by Gasteiger charge is -2.19. The third-order valence-corrected chi connectivity index (χ3v) is 5.68. The van der Waals surface area contributed by atoms with Crippen molar-refractivity contribution in [3.8, 4) is 0 Å². The Balaban J connectivity index is 2.54. The summed E-state index contributed by atoms with van der Waals surface area (Å²) in [5.74, 6) is 0. The zero-order valence-electron chi connectivity index (χ0n) is 13.0. The van der Waals surface area contributed by atoms with Crippen molar-refractivity contribution in [3.63, 3.8) is 0 Å². The molecule has 1 fully saturated rings. The van der Waals surface area contributed by atoms with Crippen LogP contribution in [0.2, 0.25) is 0 Å². The summed E-state index contributed by atoms with van der Waals surface area (Å²) in [4.78, 5) is 0.349. The molecule has 0 saturated heterocycles. The summed E-state index contributed by atoms with van der Waals surface area (Å²) in [5.41, 5.74) is 0.375. The minimum absolute atomic E-state index is 0.289. The fraction of sp³-hybridized carbons (Fsp3) is 0.786. The monoisotopic (exact) mass is 299 g/mol. The van der Waals surface area contributed by atoms with Crippen LogP contribution in [0.15, 0.2) is 11.1 Å². The van der Waals surface area contributed by atoms with E-state index in [9.17, 15) is 8.42 Å². The van der Waals surface area contributed by atoms with Crippen LogP contribution >= 0.6 is 0 Å². The normalized spacial score (nSPS) is 18.1. The fourth-order valence-electron chi connectivity index (χ4n) is 2.64. The van der Waals surface area contributed by atoms with Gasteiger partial charge < -0.3 is 0 Å². The van der Waals surface area contributed by atoms with Crippen molar-refractivity contribution in [1.82, 2.24) is 14.1 Å². The van der Waals surface area contributed by atoms with Crippen molar-refractivity contribution in [2.75, 3.05) is 14.1 Å². The Hall–Kier alpha value is -0.880. The van der Waals surface area contributed by atoms with Gasteiger partial charge in [-0.05, 0) is 12.8 Å². The van der Waals surface area contributed by atoms with Gasteiger partial charge in [0.2, 0.25) is 10.0 Å². The fourth-order valence-corrected chi connectivity index (χ4v) is 3.86. The van der Waals surface area contributed by atoms with E-state index < -0.39 is 10.0 Å². The van der Waals surface area contributed by atoms with Gasteiger partial charge in [0.25, 0.3) is 0 Å². The van der Waals surface area contributed by atoms with Gasteiger partial charge >= 0.3 is 0 Å². The Bertz CT molecular complexity index is 576. The topological polar surface area (TPSA) is 55.2 Å². The van der Waals surface area contributed by atoms with Crippen molar-refractivity contribution < 1.29 is 8.42 Å². The van der Waals surface area contributed by atoms with Gasteiger partial charge in [0, 0.05) is 25.7 Å². The maximum atomic E-state index is 12.5. The summed E-state index contributed by atoms with van der Waals surface area (Å²) >= 11 is 0. The minimum atomic E-state index is -3.45. The number of hydrogen-bond donors (Lipinski definition) is 0. The van der Waals surface area contributed by atoms with Crippen LogP contribution in [-0.4, -0.2) is 36.6 Å². The third-order valence-electron chi connectivity index (χ3n) is 3.87. The van der Waals surface area contributed by atoms with E-state index in [4.69, 9.17) is 0 Å². The van der Waals surface area contributed by atoms with Crippen molar-refractivity contribution in [3.05, 3.63) is 11.9 Å². The molecule has 0 atom stereocenters. The van der Waals surface area contributed by atoms with Gasteiger partial charge in [0.15, 0.2) is 0 Å². The molecule has 5 nitrogen and oxygen atoms in total.